The molecule has 1 N–H and O–H groups in total. The Morgan fingerprint density at radius 3 is 2.64 bits per heavy atom. The van der Waals surface area contributed by atoms with E-state index in [2.05, 4.69) is 18.8 Å². The van der Waals surface area contributed by atoms with Gasteiger partial charge in [-0.1, -0.05) is 19.9 Å². The summed E-state index contributed by atoms with van der Waals surface area (Å²) in [6.07, 6.45) is 2.48. The number of pyridine rings is 1. The second-order valence-corrected chi connectivity index (χ2v) is 3.63. The summed E-state index contributed by atoms with van der Waals surface area (Å²) in [4.78, 5) is 14.5. The predicted octanol–water partition coefficient (Wildman–Crippen LogP) is 2.22. The molecule has 3 heteroatoms. The minimum Gasteiger partial charge on any atom is -0.481 e. The molecule has 1 rings (SSSR count). The summed E-state index contributed by atoms with van der Waals surface area (Å²) >= 11 is 0. The quantitative estimate of drug-likeness (QED) is 0.797. The maximum Gasteiger partial charge on any atom is 0.303 e. The van der Waals surface area contributed by atoms with E-state index in [0.717, 1.165) is 5.69 Å². The molecule has 0 aliphatic carbocycles. The maximum atomic E-state index is 10.3. The van der Waals surface area contributed by atoms with E-state index in [1.165, 1.54) is 5.56 Å². The first-order valence-corrected chi connectivity index (χ1v) is 4.76. The van der Waals surface area contributed by atoms with Gasteiger partial charge in [0.05, 0.1) is 6.42 Å². The molecule has 0 aliphatic heterocycles. The number of nitrogens with zero attached hydrogens (tertiary/aromatic N) is 1. The van der Waals surface area contributed by atoms with Gasteiger partial charge in [0.2, 0.25) is 0 Å². The van der Waals surface area contributed by atoms with E-state index in [9.17, 15) is 4.79 Å². The lowest BCUT2D eigenvalue weighted by Crippen LogP contribution is -1.99. The Morgan fingerprint density at radius 1 is 1.50 bits per heavy atom. The zero-order valence-electron chi connectivity index (χ0n) is 8.53. The van der Waals surface area contributed by atoms with Crippen LogP contribution in [0.25, 0.3) is 0 Å². The summed E-state index contributed by atoms with van der Waals surface area (Å²) in [5, 5.41) is 8.49. The molecule has 0 saturated heterocycles. The van der Waals surface area contributed by atoms with Crippen molar-refractivity contribution in [1.29, 1.82) is 0 Å². The summed E-state index contributed by atoms with van der Waals surface area (Å²) in [7, 11) is 0. The molecule has 0 bridgehead atoms. The fourth-order valence-corrected chi connectivity index (χ4v) is 1.16. The van der Waals surface area contributed by atoms with E-state index in [1.807, 2.05) is 18.3 Å². The van der Waals surface area contributed by atoms with E-state index in [-0.39, 0.29) is 6.42 Å². The summed E-state index contributed by atoms with van der Waals surface area (Å²) in [5.41, 5.74) is 2.03. The van der Waals surface area contributed by atoms with Gasteiger partial charge in [0, 0.05) is 18.3 Å². The zero-order valence-corrected chi connectivity index (χ0v) is 8.53. The second kappa shape index (κ2) is 4.74. The van der Waals surface area contributed by atoms with Gasteiger partial charge in [0.1, 0.15) is 0 Å². The molecule has 0 saturated carbocycles. The van der Waals surface area contributed by atoms with Crippen molar-refractivity contribution in [2.24, 2.45) is 0 Å². The number of carboxylic acid groups (broad SMARTS) is 1. The fourth-order valence-electron chi connectivity index (χ4n) is 1.16. The SMILES string of the molecule is CC(C)c1ccc(CCC(=O)O)nc1. The van der Waals surface area contributed by atoms with Gasteiger partial charge in [-0.2, -0.15) is 0 Å². The van der Waals surface area contributed by atoms with E-state index < -0.39 is 5.97 Å². The van der Waals surface area contributed by atoms with Crippen LogP contribution in [0.1, 0.15) is 37.4 Å². The van der Waals surface area contributed by atoms with E-state index in [1.54, 1.807) is 0 Å². The summed E-state index contributed by atoms with van der Waals surface area (Å²) < 4.78 is 0. The third-order valence-corrected chi connectivity index (χ3v) is 2.11. The third kappa shape index (κ3) is 3.17. The molecule has 1 heterocycles. The van der Waals surface area contributed by atoms with Gasteiger partial charge in [0.25, 0.3) is 0 Å². The van der Waals surface area contributed by atoms with Crippen molar-refractivity contribution in [3.63, 3.8) is 0 Å². The molecule has 0 aliphatic rings. The first-order chi connectivity index (χ1) is 6.59. The summed E-state index contributed by atoms with van der Waals surface area (Å²) in [6, 6.07) is 3.91. The molecule has 0 unspecified atom stereocenters. The first kappa shape index (κ1) is 10.7. The predicted molar refractivity (Wildman–Crippen MR) is 54.3 cm³/mol. The fraction of sp³-hybridized carbons (Fsp3) is 0.455. The normalized spacial score (nSPS) is 10.5. The number of carboxylic acids is 1. The van der Waals surface area contributed by atoms with Gasteiger partial charge in [-0.15, -0.1) is 0 Å². The smallest absolute Gasteiger partial charge is 0.303 e. The van der Waals surface area contributed by atoms with Crippen molar-refractivity contribution in [3.05, 3.63) is 29.6 Å². The van der Waals surface area contributed by atoms with Gasteiger partial charge in [-0.25, -0.2) is 0 Å². The minimum absolute atomic E-state index is 0.147. The minimum atomic E-state index is -0.778. The Hall–Kier alpha value is -1.38. The van der Waals surface area contributed by atoms with Crippen molar-refractivity contribution in [3.8, 4) is 0 Å². The molecule has 1 aromatic heterocycles. The molecule has 76 valence electrons. The lowest BCUT2D eigenvalue weighted by Gasteiger charge is -2.04. The Labute approximate surface area is 83.8 Å². The molecular formula is C11H15NO2. The second-order valence-electron chi connectivity index (χ2n) is 3.63. The van der Waals surface area contributed by atoms with Crippen molar-refractivity contribution in [1.82, 2.24) is 4.98 Å². The van der Waals surface area contributed by atoms with Crippen LogP contribution < -0.4 is 0 Å². The number of rotatable bonds is 4. The highest BCUT2D eigenvalue weighted by Crippen LogP contribution is 2.13. The molecule has 0 aromatic carbocycles. The van der Waals surface area contributed by atoms with Crippen LogP contribution in [0.2, 0.25) is 0 Å². The molecule has 0 fully saturated rings. The Kier molecular flexibility index (Phi) is 3.63. The number of carbonyl (C=O) groups is 1. The van der Waals surface area contributed by atoms with Crippen molar-refractivity contribution in [2.75, 3.05) is 0 Å². The molecule has 0 spiro atoms. The van der Waals surface area contributed by atoms with E-state index in [4.69, 9.17) is 5.11 Å². The highest BCUT2D eigenvalue weighted by atomic mass is 16.4. The highest BCUT2D eigenvalue weighted by Gasteiger charge is 2.02. The number of hydrogen-bond donors (Lipinski definition) is 1. The molecule has 14 heavy (non-hydrogen) atoms. The monoisotopic (exact) mass is 193 g/mol. The zero-order chi connectivity index (χ0) is 10.6. The first-order valence-electron chi connectivity index (χ1n) is 4.76. The number of aliphatic carboxylic acids is 1. The standard InChI is InChI=1S/C11H15NO2/c1-8(2)9-3-4-10(12-7-9)5-6-11(13)14/h3-4,7-8H,5-6H2,1-2H3,(H,13,14). The lowest BCUT2D eigenvalue weighted by atomic mass is 10.1. The van der Waals surface area contributed by atoms with Gasteiger partial charge in [-0.05, 0) is 17.5 Å². The summed E-state index contributed by atoms with van der Waals surface area (Å²) in [5.74, 6) is -0.309. The van der Waals surface area contributed by atoms with Crippen LogP contribution in [0.4, 0.5) is 0 Å². The van der Waals surface area contributed by atoms with Gasteiger partial charge in [-0.3, -0.25) is 9.78 Å². The molecule has 1 aromatic rings. The van der Waals surface area contributed by atoms with E-state index in [0.29, 0.717) is 12.3 Å². The van der Waals surface area contributed by atoms with Crippen LogP contribution in [-0.4, -0.2) is 16.1 Å². The molecule has 0 radical (unpaired) electrons. The van der Waals surface area contributed by atoms with Crippen LogP contribution in [-0.2, 0) is 11.2 Å². The highest BCUT2D eigenvalue weighted by molar-refractivity contribution is 5.66. The molecular weight excluding hydrogens is 178 g/mol. The van der Waals surface area contributed by atoms with E-state index >= 15 is 0 Å². The van der Waals surface area contributed by atoms with Gasteiger partial charge in [0.15, 0.2) is 0 Å². The average molecular weight is 193 g/mol. The van der Waals surface area contributed by atoms with Gasteiger partial charge < -0.3 is 5.11 Å². The van der Waals surface area contributed by atoms with Crippen molar-refractivity contribution in [2.45, 2.75) is 32.6 Å². The van der Waals surface area contributed by atoms with Gasteiger partial charge >= 0.3 is 5.97 Å². The average Bonchev–Trinajstić information content (AvgIpc) is 2.15. The topological polar surface area (TPSA) is 50.2 Å². The number of aromatic nitrogens is 1. The Bertz CT molecular complexity index is 304. The lowest BCUT2D eigenvalue weighted by molar-refractivity contribution is -0.136. The van der Waals surface area contributed by atoms with Crippen molar-refractivity contribution < 1.29 is 9.90 Å². The Balaban J connectivity index is 2.59. The molecule has 0 atom stereocenters. The molecule has 0 amide bonds. The van der Waals surface area contributed by atoms with Crippen LogP contribution in [0, 0.1) is 0 Å². The number of aryl methyl sites for hydroxylation is 1. The van der Waals surface area contributed by atoms with Crippen LogP contribution in [0.5, 0.6) is 0 Å². The van der Waals surface area contributed by atoms with Crippen LogP contribution >= 0.6 is 0 Å². The summed E-state index contributed by atoms with van der Waals surface area (Å²) in [6.45, 7) is 4.21. The third-order valence-electron chi connectivity index (χ3n) is 2.11. The van der Waals surface area contributed by atoms with Crippen molar-refractivity contribution >= 4 is 5.97 Å². The molecule has 3 nitrogen and oxygen atoms in total. The number of hydrogen-bond acceptors (Lipinski definition) is 2. The van der Waals surface area contributed by atoms with Crippen LogP contribution in [0.3, 0.4) is 0 Å². The maximum absolute atomic E-state index is 10.3. The Morgan fingerprint density at radius 2 is 2.21 bits per heavy atom. The van der Waals surface area contributed by atoms with Crippen LogP contribution in [0.15, 0.2) is 18.3 Å². The largest absolute Gasteiger partial charge is 0.481 e.